The Morgan fingerprint density at radius 2 is 1.96 bits per heavy atom. The number of hydrogen-bond acceptors (Lipinski definition) is 3. The molecule has 0 bridgehead atoms. The van der Waals surface area contributed by atoms with E-state index in [9.17, 15) is 22.8 Å². The van der Waals surface area contributed by atoms with Crippen molar-refractivity contribution in [1.82, 2.24) is 10.2 Å². The molecular weight excluding hydrogens is 359 g/mol. The molecule has 1 saturated heterocycles. The van der Waals surface area contributed by atoms with Crippen LogP contribution < -0.4 is 10.6 Å². The number of rotatable bonds is 7. The van der Waals surface area contributed by atoms with Gasteiger partial charge in [0.15, 0.2) is 0 Å². The number of likely N-dealkylation sites (tertiary alicyclic amines) is 1. The number of piperidine rings is 1. The van der Waals surface area contributed by atoms with Crippen molar-refractivity contribution in [3.05, 3.63) is 29.8 Å². The zero-order valence-corrected chi connectivity index (χ0v) is 15.4. The Morgan fingerprint density at radius 1 is 1.22 bits per heavy atom. The molecule has 0 aliphatic carbocycles. The van der Waals surface area contributed by atoms with E-state index in [0.717, 1.165) is 25.3 Å². The van der Waals surface area contributed by atoms with Gasteiger partial charge in [0.2, 0.25) is 11.8 Å². The summed E-state index contributed by atoms with van der Waals surface area (Å²) in [6, 6.07) is 4.95. The van der Waals surface area contributed by atoms with E-state index in [1.54, 1.807) is 0 Å². The molecule has 0 radical (unpaired) electrons. The third-order valence-electron chi connectivity index (χ3n) is 4.54. The van der Waals surface area contributed by atoms with Crippen LogP contribution in [0.4, 0.5) is 18.9 Å². The van der Waals surface area contributed by atoms with E-state index < -0.39 is 17.6 Å². The Kier molecular flexibility index (Phi) is 7.65. The Hall–Kier alpha value is -2.09. The molecule has 1 heterocycles. The first kappa shape index (κ1) is 21.2. The monoisotopic (exact) mass is 385 g/mol. The smallest absolute Gasteiger partial charge is 0.356 e. The zero-order chi connectivity index (χ0) is 19.9. The summed E-state index contributed by atoms with van der Waals surface area (Å²) in [5.74, 6) is -0.201. The van der Waals surface area contributed by atoms with Crippen LogP contribution >= 0.6 is 0 Å². The Bertz CT molecular complexity index is 649. The van der Waals surface area contributed by atoms with Crippen LogP contribution in [-0.2, 0) is 15.8 Å². The number of nitrogens with zero attached hydrogens (tertiary/aromatic N) is 1. The van der Waals surface area contributed by atoms with Gasteiger partial charge in [0, 0.05) is 19.5 Å². The third kappa shape index (κ3) is 6.86. The molecule has 0 aromatic heterocycles. The number of alkyl halides is 3. The summed E-state index contributed by atoms with van der Waals surface area (Å²) in [5, 5.41) is 5.28. The molecule has 0 spiro atoms. The molecule has 5 nitrogen and oxygen atoms in total. The molecule has 1 fully saturated rings. The molecule has 1 aliphatic heterocycles. The second kappa shape index (κ2) is 9.73. The molecule has 2 amide bonds. The molecule has 1 aliphatic rings. The molecule has 0 saturated carbocycles. The number of benzene rings is 1. The molecule has 1 aromatic rings. The fourth-order valence-corrected chi connectivity index (χ4v) is 3.27. The van der Waals surface area contributed by atoms with Gasteiger partial charge in [0.25, 0.3) is 0 Å². The number of amides is 2. The van der Waals surface area contributed by atoms with Gasteiger partial charge in [0.05, 0.1) is 17.8 Å². The lowest BCUT2D eigenvalue weighted by Gasteiger charge is -2.32. The van der Waals surface area contributed by atoms with Crippen molar-refractivity contribution in [2.24, 2.45) is 5.92 Å². The first-order chi connectivity index (χ1) is 12.8. The number of anilines is 1. The standard InChI is InChI=1S/C19H26F3N3O2/c1-2-6-17(26)23-11-14-7-5-10-25(12-14)13-18(27)24-16-9-4-3-8-15(16)19(20,21)22/h3-4,8-9,14H,2,5-7,10-13H2,1H3,(H,23,26)(H,24,27). The summed E-state index contributed by atoms with van der Waals surface area (Å²) in [5.41, 5.74) is -1.08. The molecule has 1 atom stereocenters. The topological polar surface area (TPSA) is 61.4 Å². The van der Waals surface area contributed by atoms with Crippen LogP contribution in [0.1, 0.15) is 38.2 Å². The zero-order valence-electron chi connectivity index (χ0n) is 15.4. The van der Waals surface area contributed by atoms with Gasteiger partial charge in [-0.05, 0) is 43.9 Å². The van der Waals surface area contributed by atoms with Gasteiger partial charge in [-0.1, -0.05) is 19.1 Å². The second-order valence-corrected chi connectivity index (χ2v) is 6.89. The van der Waals surface area contributed by atoms with E-state index in [4.69, 9.17) is 0 Å². The van der Waals surface area contributed by atoms with Gasteiger partial charge in [-0.2, -0.15) is 13.2 Å². The van der Waals surface area contributed by atoms with Crippen LogP contribution in [0.15, 0.2) is 24.3 Å². The van der Waals surface area contributed by atoms with Crippen LogP contribution in [0, 0.1) is 5.92 Å². The normalized spacial score (nSPS) is 18.1. The number of carbonyl (C=O) groups is 2. The van der Waals surface area contributed by atoms with Gasteiger partial charge in [-0.15, -0.1) is 0 Å². The predicted molar refractivity (Wildman–Crippen MR) is 97.2 cm³/mol. The number of para-hydroxylation sites is 1. The lowest BCUT2D eigenvalue weighted by molar-refractivity contribution is -0.137. The quantitative estimate of drug-likeness (QED) is 0.757. The van der Waals surface area contributed by atoms with Gasteiger partial charge in [-0.3, -0.25) is 14.5 Å². The Balaban J connectivity index is 1.86. The average Bonchev–Trinajstić information content (AvgIpc) is 2.60. The van der Waals surface area contributed by atoms with Gasteiger partial charge in [0.1, 0.15) is 0 Å². The van der Waals surface area contributed by atoms with Crippen LogP contribution in [0.3, 0.4) is 0 Å². The fourth-order valence-electron chi connectivity index (χ4n) is 3.27. The number of carbonyl (C=O) groups excluding carboxylic acids is 2. The highest BCUT2D eigenvalue weighted by Gasteiger charge is 2.33. The van der Waals surface area contributed by atoms with E-state index >= 15 is 0 Å². The van der Waals surface area contributed by atoms with E-state index in [0.29, 0.717) is 26.1 Å². The fraction of sp³-hybridized carbons (Fsp3) is 0.579. The minimum Gasteiger partial charge on any atom is -0.356 e. The van der Waals surface area contributed by atoms with E-state index in [-0.39, 0.29) is 24.1 Å². The second-order valence-electron chi connectivity index (χ2n) is 6.89. The maximum atomic E-state index is 13.0. The maximum absolute atomic E-state index is 13.0. The minimum absolute atomic E-state index is 0.0242. The summed E-state index contributed by atoms with van der Waals surface area (Å²) in [7, 11) is 0. The Morgan fingerprint density at radius 3 is 2.67 bits per heavy atom. The third-order valence-corrected chi connectivity index (χ3v) is 4.54. The summed E-state index contributed by atoms with van der Waals surface area (Å²) in [4.78, 5) is 25.7. The molecule has 1 aromatic carbocycles. The average molecular weight is 385 g/mol. The van der Waals surface area contributed by atoms with Crippen molar-refractivity contribution in [1.29, 1.82) is 0 Å². The molecule has 27 heavy (non-hydrogen) atoms. The first-order valence-electron chi connectivity index (χ1n) is 9.24. The summed E-state index contributed by atoms with van der Waals surface area (Å²) < 4.78 is 39.1. The first-order valence-corrected chi connectivity index (χ1v) is 9.24. The number of halogens is 3. The number of nitrogens with one attached hydrogen (secondary N) is 2. The minimum atomic E-state index is -4.52. The summed E-state index contributed by atoms with van der Waals surface area (Å²) in [6.07, 6.45) is -1.38. The van der Waals surface area contributed by atoms with E-state index in [1.165, 1.54) is 18.2 Å². The van der Waals surface area contributed by atoms with Gasteiger partial charge >= 0.3 is 6.18 Å². The number of hydrogen-bond donors (Lipinski definition) is 2. The predicted octanol–water partition coefficient (Wildman–Crippen LogP) is 3.27. The largest absolute Gasteiger partial charge is 0.418 e. The van der Waals surface area contributed by atoms with Crippen molar-refractivity contribution < 1.29 is 22.8 Å². The van der Waals surface area contributed by atoms with Crippen molar-refractivity contribution in [3.8, 4) is 0 Å². The maximum Gasteiger partial charge on any atom is 0.418 e. The van der Waals surface area contributed by atoms with Crippen molar-refractivity contribution in [3.63, 3.8) is 0 Å². The molecular formula is C19H26F3N3O2. The molecule has 1 unspecified atom stereocenters. The molecule has 2 rings (SSSR count). The Labute approximate surface area is 157 Å². The molecule has 8 heteroatoms. The van der Waals surface area contributed by atoms with Gasteiger partial charge < -0.3 is 10.6 Å². The van der Waals surface area contributed by atoms with Gasteiger partial charge in [-0.25, -0.2) is 0 Å². The van der Waals surface area contributed by atoms with Crippen molar-refractivity contribution >= 4 is 17.5 Å². The highest BCUT2D eigenvalue weighted by Crippen LogP contribution is 2.34. The highest BCUT2D eigenvalue weighted by atomic mass is 19.4. The molecule has 150 valence electrons. The van der Waals surface area contributed by atoms with Crippen LogP contribution in [0.5, 0.6) is 0 Å². The van der Waals surface area contributed by atoms with Crippen LogP contribution in [0.25, 0.3) is 0 Å². The van der Waals surface area contributed by atoms with Crippen LogP contribution in [-0.4, -0.2) is 42.9 Å². The highest BCUT2D eigenvalue weighted by molar-refractivity contribution is 5.93. The van der Waals surface area contributed by atoms with E-state index in [1.807, 2.05) is 11.8 Å². The summed E-state index contributed by atoms with van der Waals surface area (Å²) >= 11 is 0. The lowest BCUT2D eigenvalue weighted by Crippen LogP contribution is -2.44. The lowest BCUT2D eigenvalue weighted by atomic mass is 9.98. The van der Waals surface area contributed by atoms with Crippen molar-refractivity contribution in [2.75, 3.05) is 31.5 Å². The molecule has 2 N–H and O–H groups in total. The van der Waals surface area contributed by atoms with E-state index in [2.05, 4.69) is 10.6 Å². The van der Waals surface area contributed by atoms with Crippen molar-refractivity contribution in [2.45, 2.75) is 38.8 Å². The SMILES string of the molecule is CCCC(=O)NCC1CCCN(CC(=O)Nc2ccccc2C(F)(F)F)C1. The van der Waals surface area contributed by atoms with Crippen LogP contribution in [0.2, 0.25) is 0 Å². The summed E-state index contributed by atoms with van der Waals surface area (Å²) in [6.45, 7) is 3.89.